The van der Waals surface area contributed by atoms with E-state index in [-0.39, 0.29) is 0 Å². The number of fused-ring (bicyclic) bond motifs is 1. The second-order valence-electron chi connectivity index (χ2n) is 4.86. The molecule has 19 heavy (non-hydrogen) atoms. The number of furan rings is 1. The Morgan fingerprint density at radius 1 is 1.16 bits per heavy atom. The second kappa shape index (κ2) is 7.61. The fraction of sp³-hybridized carbons (Fsp3) is 0.500. The van der Waals surface area contributed by atoms with Gasteiger partial charge in [0, 0.05) is 17.5 Å². The van der Waals surface area contributed by atoms with Crippen LogP contribution in [0.15, 0.2) is 28.7 Å². The van der Waals surface area contributed by atoms with Gasteiger partial charge in [0.05, 0.1) is 0 Å². The molecule has 1 heterocycles. The maximum Gasteiger partial charge on any atom is 0.134 e. The smallest absolute Gasteiger partial charge is 0.134 e. The van der Waals surface area contributed by atoms with Gasteiger partial charge in [0.15, 0.2) is 0 Å². The summed E-state index contributed by atoms with van der Waals surface area (Å²) in [6.07, 6.45) is 6.08. The van der Waals surface area contributed by atoms with E-state index in [9.17, 15) is 0 Å². The van der Waals surface area contributed by atoms with Gasteiger partial charge in [0.2, 0.25) is 0 Å². The third-order valence-corrected chi connectivity index (χ3v) is 4.10. The van der Waals surface area contributed by atoms with Gasteiger partial charge in [0.25, 0.3) is 0 Å². The minimum Gasteiger partial charge on any atom is -0.461 e. The van der Waals surface area contributed by atoms with Crippen LogP contribution in [0, 0.1) is 6.92 Å². The summed E-state index contributed by atoms with van der Waals surface area (Å²) in [5.74, 6) is 2.32. The van der Waals surface area contributed by atoms with Crippen molar-refractivity contribution in [2.75, 3.05) is 18.6 Å². The van der Waals surface area contributed by atoms with Gasteiger partial charge in [-0.15, -0.1) is 0 Å². The Morgan fingerprint density at radius 3 is 2.84 bits per heavy atom. The first-order chi connectivity index (χ1) is 9.33. The number of benzene rings is 1. The highest BCUT2D eigenvalue weighted by Crippen LogP contribution is 2.24. The lowest BCUT2D eigenvalue weighted by Crippen LogP contribution is -2.15. The zero-order valence-electron chi connectivity index (χ0n) is 11.9. The molecule has 2 nitrogen and oxygen atoms in total. The van der Waals surface area contributed by atoms with Crippen LogP contribution < -0.4 is 5.32 Å². The summed E-state index contributed by atoms with van der Waals surface area (Å²) in [4.78, 5) is 0. The molecule has 2 rings (SSSR count). The summed E-state index contributed by atoms with van der Waals surface area (Å²) in [5, 5.41) is 4.78. The van der Waals surface area contributed by atoms with E-state index < -0.39 is 0 Å². The number of hydrogen-bond acceptors (Lipinski definition) is 3. The fourth-order valence-electron chi connectivity index (χ4n) is 2.33. The van der Waals surface area contributed by atoms with Crippen molar-refractivity contribution in [2.24, 2.45) is 0 Å². The van der Waals surface area contributed by atoms with Crippen molar-refractivity contribution in [1.82, 2.24) is 5.32 Å². The first-order valence-electron chi connectivity index (χ1n) is 6.99. The molecular formula is C16H23NOS. The molecule has 0 aliphatic carbocycles. The highest BCUT2D eigenvalue weighted by Gasteiger charge is 2.09. The Morgan fingerprint density at radius 2 is 2.00 bits per heavy atom. The van der Waals surface area contributed by atoms with Gasteiger partial charge < -0.3 is 9.73 Å². The molecule has 0 atom stereocenters. The van der Waals surface area contributed by atoms with Crippen molar-refractivity contribution in [2.45, 2.75) is 32.7 Å². The molecule has 0 unspecified atom stereocenters. The molecule has 1 aromatic carbocycles. The lowest BCUT2D eigenvalue weighted by atomic mass is 10.1. The molecule has 2 aromatic rings. The lowest BCUT2D eigenvalue weighted by Gasteiger charge is -2.04. The summed E-state index contributed by atoms with van der Waals surface area (Å²) in [6, 6.07) is 8.27. The summed E-state index contributed by atoms with van der Waals surface area (Å²) in [6.45, 7) is 4.05. The van der Waals surface area contributed by atoms with Gasteiger partial charge in [-0.25, -0.2) is 0 Å². The standard InChI is InChI=1S/C16H23NOS/c1-13-15(12-17-10-6-3-7-11-19-2)14-8-4-5-9-16(14)18-13/h4-5,8-9,17H,3,6-7,10-12H2,1-2H3. The summed E-state index contributed by atoms with van der Waals surface area (Å²) in [7, 11) is 0. The SMILES string of the molecule is CSCCCCCNCc1c(C)oc2ccccc12. The molecule has 0 saturated heterocycles. The van der Waals surface area contributed by atoms with Crippen LogP contribution >= 0.6 is 11.8 Å². The first kappa shape index (κ1) is 14.5. The molecule has 1 N–H and O–H groups in total. The van der Waals surface area contributed by atoms with Gasteiger partial charge >= 0.3 is 0 Å². The number of nitrogens with one attached hydrogen (secondary N) is 1. The van der Waals surface area contributed by atoms with E-state index in [1.165, 1.54) is 36.0 Å². The maximum atomic E-state index is 5.77. The van der Waals surface area contributed by atoms with E-state index >= 15 is 0 Å². The normalized spacial score (nSPS) is 11.3. The molecule has 3 heteroatoms. The number of para-hydroxylation sites is 1. The zero-order chi connectivity index (χ0) is 13.5. The van der Waals surface area contributed by atoms with Crippen LogP contribution in [0.25, 0.3) is 11.0 Å². The Balaban J connectivity index is 1.80. The molecule has 0 amide bonds. The van der Waals surface area contributed by atoms with Crippen LogP contribution in [-0.4, -0.2) is 18.6 Å². The average molecular weight is 277 g/mol. The molecule has 0 fully saturated rings. The number of unbranched alkanes of at least 4 members (excludes halogenated alkanes) is 2. The molecule has 0 radical (unpaired) electrons. The average Bonchev–Trinajstić information content (AvgIpc) is 2.74. The van der Waals surface area contributed by atoms with Crippen molar-refractivity contribution in [3.8, 4) is 0 Å². The van der Waals surface area contributed by atoms with E-state index in [2.05, 4.69) is 30.6 Å². The Bertz CT molecular complexity index is 506. The van der Waals surface area contributed by atoms with Crippen molar-refractivity contribution >= 4 is 22.7 Å². The number of hydrogen-bond donors (Lipinski definition) is 1. The Kier molecular flexibility index (Phi) is 5.80. The van der Waals surface area contributed by atoms with Crippen LogP contribution in [-0.2, 0) is 6.54 Å². The Labute approximate surface area is 119 Å². The monoisotopic (exact) mass is 277 g/mol. The summed E-state index contributed by atoms with van der Waals surface area (Å²) < 4.78 is 5.77. The Hall–Kier alpha value is -0.930. The summed E-state index contributed by atoms with van der Waals surface area (Å²) >= 11 is 1.93. The lowest BCUT2D eigenvalue weighted by molar-refractivity contribution is 0.561. The number of rotatable bonds is 8. The molecule has 0 saturated carbocycles. The minimum atomic E-state index is 0.908. The van der Waals surface area contributed by atoms with Crippen molar-refractivity contribution in [3.63, 3.8) is 0 Å². The van der Waals surface area contributed by atoms with E-state index in [1.807, 2.05) is 23.9 Å². The van der Waals surface area contributed by atoms with Gasteiger partial charge in [0.1, 0.15) is 11.3 Å². The minimum absolute atomic E-state index is 0.908. The van der Waals surface area contributed by atoms with Crippen LogP contribution in [0.4, 0.5) is 0 Å². The van der Waals surface area contributed by atoms with E-state index in [0.717, 1.165) is 24.4 Å². The summed E-state index contributed by atoms with van der Waals surface area (Å²) in [5.41, 5.74) is 2.30. The molecule has 0 aliphatic rings. The van der Waals surface area contributed by atoms with Crippen LogP contribution in [0.5, 0.6) is 0 Å². The van der Waals surface area contributed by atoms with Crippen molar-refractivity contribution < 1.29 is 4.42 Å². The van der Waals surface area contributed by atoms with Crippen LogP contribution in [0.1, 0.15) is 30.6 Å². The molecule has 104 valence electrons. The predicted molar refractivity (Wildman–Crippen MR) is 84.9 cm³/mol. The van der Waals surface area contributed by atoms with Crippen molar-refractivity contribution in [3.05, 3.63) is 35.6 Å². The van der Waals surface area contributed by atoms with Gasteiger partial charge in [-0.3, -0.25) is 0 Å². The first-order valence-corrected chi connectivity index (χ1v) is 8.39. The molecular weight excluding hydrogens is 254 g/mol. The van der Waals surface area contributed by atoms with Gasteiger partial charge in [-0.05, 0) is 44.4 Å². The van der Waals surface area contributed by atoms with Crippen molar-refractivity contribution in [1.29, 1.82) is 0 Å². The van der Waals surface area contributed by atoms with E-state index in [4.69, 9.17) is 4.42 Å². The molecule has 0 aliphatic heterocycles. The van der Waals surface area contributed by atoms with Crippen LogP contribution in [0.2, 0.25) is 0 Å². The van der Waals surface area contributed by atoms with E-state index in [0.29, 0.717) is 0 Å². The molecule has 0 spiro atoms. The zero-order valence-corrected chi connectivity index (χ0v) is 12.7. The number of aryl methyl sites for hydroxylation is 1. The van der Waals surface area contributed by atoms with E-state index in [1.54, 1.807) is 0 Å². The van der Waals surface area contributed by atoms with Crippen LogP contribution in [0.3, 0.4) is 0 Å². The number of thioether (sulfide) groups is 1. The molecule has 1 aromatic heterocycles. The quantitative estimate of drug-likeness (QED) is 0.726. The largest absolute Gasteiger partial charge is 0.461 e. The van der Waals surface area contributed by atoms with Gasteiger partial charge in [-0.1, -0.05) is 24.6 Å². The third-order valence-electron chi connectivity index (χ3n) is 3.40. The topological polar surface area (TPSA) is 25.2 Å². The molecule has 0 bridgehead atoms. The fourth-order valence-corrected chi connectivity index (χ4v) is 2.82. The highest BCUT2D eigenvalue weighted by molar-refractivity contribution is 7.98. The third kappa shape index (κ3) is 4.02. The predicted octanol–water partition coefficient (Wildman–Crippen LogP) is 4.36. The maximum absolute atomic E-state index is 5.77. The highest BCUT2D eigenvalue weighted by atomic mass is 32.2. The second-order valence-corrected chi connectivity index (χ2v) is 5.85. The van der Waals surface area contributed by atoms with Gasteiger partial charge in [-0.2, -0.15) is 11.8 Å².